The van der Waals surface area contributed by atoms with Crippen molar-refractivity contribution < 1.29 is 0 Å². The highest BCUT2D eigenvalue weighted by molar-refractivity contribution is 7.11. The molecule has 0 saturated carbocycles. The van der Waals surface area contributed by atoms with Crippen molar-refractivity contribution in [1.82, 2.24) is 25.1 Å². The Morgan fingerprint density at radius 2 is 2.19 bits per heavy atom. The SMILES string of the molecule is Cc1nnc(CN(C)CCc2nc3ccc(Cl)cc3[nH]2)s1. The van der Waals surface area contributed by atoms with E-state index in [9.17, 15) is 0 Å². The number of aromatic nitrogens is 4. The predicted molar refractivity (Wildman–Crippen MR) is 85.8 cm³/mol. The van der Waals surface area contributed by atoms with Crippen LogP contribution in [0.25, 0.3) is 11.0 Å². The van der Waals surface area contributed by atoms with Crippen LogP contribution in [-0.2, 0) is 13.0 Å². The van der Waals surface area contributed by atoms with Gasteiger partial charge < -0.3 is 4.98 Å². The standard InChI is InChI=1S/C14H16ClN5S/c1-9-18-19-14(21-9)8-20(2)6-5-13-16-11-4-3-10(15)7-12(11)17-13/h3-4,7H,5-6,8H2,1-2H3,(H,16,17). The lowest BCUT2D eigenvalue weighted by molar-refractivity contribution is 0.327. The Bertz CT molecular complexity index is 751. The number of aryl methyl sites for hydroxylation is 1. The zero-order chi connectivity index (χ0) is 14.8. The van der Waals surface area contributed by atoms with E-state index in [2.05, 4.69) is 32.1 Å². The normalized spacial score (nSPS) is 11.6. The molecule has 0 fully saturated rings. The molecule has 0 saturated heterocycles. The summed E-state index contributed by atoms with van der Waals surface area (Å²) in [7, 11) is 2.08. The first-order valence-corrected chi connectivity index (χ1v) is 7.91. The Kier molecular flexibility index (Phi) is 4.19. The van der Waals surface area contributed by atoms with E-state index in [-0.39, 0.29) is 0 Å². The van der Waals surface area contributed by atoms with Gasteiger partial charge in [-0.15, -0.1) is 21.5 Å². The van der Waals surface area contributed by atoms with E-state index in [1.165, 1.54) is 0 Å². The van der Waals surface area contributed by atoms with Crippen LogP contribution in [0.15, 0.2) is 18.2 Å². The van der Waals surface area contributed by atoms with Crippen LogP contribution >= 0.6 is 22.9 Å². The fourth-order valence-electron chi connectivity index (χ4n) is 2.16. The minimum Gasteiger partial charge on any atom is -0.342 e. The molecule has 0 amide bonds. The molecule has 0 unspecified atom stereocenters. The summed E-state index contributed by atoms with van der Waals surface area (Å²) in [6.45, 7) is 3.70. The van der Waals surface area contributed by atoms with Gasteiger partial charge in [-0.2, -0.15) is 0 Å². The molecule has 7 heteroatoms. The number of likely N-dealkylation sites (N-methyl/N-ethyl adjacent to an activating group) is 1. The van der Waals surface area contributed by atoms with Gasteiger partial charge in [-0.1, -0.05) is 11.6 Å². The van der Waals surface area contributed by atoms with Crippen molar-refractivity contribution in [1.29, 1.82) is 0 Å². The van der Waals surface area contributed by atoms with E-state index in [1.807, 2.05) is 25.1 Å². The molecule has 0 atom stereocenters. The minimum atomic E-state index is 0.724. The topological polar surface area (TPSA) is 57.7 Å². The quantitative estimate of drug-likeness (QED) is 0.784. The molecule has 3 aromatic rings. The molecule has 2 aromatic heterocycles. The summed E-state index contributed by atoms with van der Waals surface area (Å²) in [5.74, 6) is 0.979. The third-order valence-electron chi connectivity index (χ3n) is 3.20. The zero-order valence-corrected chi connectivity index (χ0v) is 13.5. The van der Waals surface area contributed by atoms with Crippen molar-refractivity contribution in [3.63, 3.8) is 0 Å². The highest BCUT2D eigenvalue weighted by Gasteiger charge is 2.08. The van der Waals surface area contributed by atoms with Crippen LogP contribution in [-0.4, -0.2) is 38.7 Å². The fourth-order valence-corrected chi connectivity index (χ4v) is 3.12. The summed E-state index contributed by atoms with van der Waals surface area (Å²) in [6, 6.07) is 5.70. The smallest absolute Gasteiger partial charge is 0.131 e. The molecule has 1 N–H and O–H groups in total. The number of fused-ring (bicyclic) bond motifs is 1. The van der Waals surface area contributed by atoms with Crippen molar-refractivity contribution in [2.75, 3.05) is 13.6 Å². The number of nitrogens with one attached hydrogen (secondary N) is 1. The van der Waals surface area contributed by atoms with Crippen LogP contribution in [0.3, 0.4) is 0 Å². The zero-order valence-electron chi connectivity index (χ0n) is 11.9. The molecule has 0 bridgehead atoms. The second-order valence-corrected chi connectivity index (χ2v) is 6.75. The van der Waals surface area contributed by atoms with Gasteiger partial charge in [0.1, 0.15) is 15.8 Å². The van der Waals surface area contributed by atoms with Gasteiger partial charge in [0, 0.05) is 18.0 Å². The van der Waals surface area contributed by atoms with E-state index in [4.69, 9.17) is 11.6 Å². The Balaban J connectivity index is 1.60. The summed E-state index contributed by atoms with van der Waals surface area (Å²) in [5, 5.41) is 11.0. The van der Waals surface area contributed by atoms with Gasteiger partial charge in [-0.05, 0) is 32.2 Å². The first-order chi connectivity index (χ1) is 10.1. The first kappa shape index (κ1) is 14.4. The molecule has 0 aliphatic rings. The lowest BCUT2D eigenvalue weighted by atomic mass is 10.3. The van der Waals surface area contributed by atoms with Crippen LogP contribution < -0.4 is 0 Å². The number of rotatable bonds is 5. The maximum atomic E-state index is 5.98. The molecular formula is C14H16ClN5S. The number of benzene rings is 1. The Morgan fingerprint density at radius 3 is 2.95 bits per heavy atom. The number of hydrogen-bond donors (Lipinski definition) is 1. The van der Waals surface area contributed by atoms with Gasteiger partial charge in [-0.3, -0.25) is 4.90 Å². The van der Waals surface area contributed by atoms with Crippen molar-refractivity contribution in [3.05, 3.63) is 39.1 Å². The lowest BCUT2D eigenvalue weighted by Gasteiger charge is -2.13. The fraction of sp³-hybridized carbons (Fsp3) is 0.357. The maximum Gasteiger partial charge on any atom is 0.131 e. The summed E-state index contributed by atoms with van der Waals surface area (Å²) in [5.41, 5.74) is 1.94. The molecule has 110 valence electrons. The predicted octanol–water partition coefficient (Wildman–Crippen LogP) is 3.05. The third-order valence-corrected chi connectivity index (χ3v) is 4.25. The summed E-state index contributed by atoms with van der Waals surface area (Å²) >= 11 is 7.62. The van der Waals surface area contributed by atoms with Crippen molar-refractivity contribution >= 4 is 34.0 Å². The van der Waals surface area contributed by atoms with Crippen LogP contribution in [0.5, 0.6) is 0 Å². The van der Waals surface area contributed by atoms with Crippen LogP contribution in [0.4, 0.5) is 0 Å². The van der Waals surface area contributed by atoms with E-state index < -0.39 is 0 Å². The van der Waals surface area contributed by atoms with E-state index >= 15 is 0 Å². The van der Waals surface area contributed by atoms with Gasteiger partial charge in [0.2, 0.25) is 0 Å². The molecule has 0 radical (unpaired) electrons. The van der Waals surface area contributed by atoms with E-state index in [0.717, 1.165) is 51.4 Å². The van der Waals surface area contributed by atoms with E-state index in [0.29, 0.717) is 0 Å². The van der Waals surface area contributed by atoms with Crippen molar-refractivity contribution in [2.24, 2.45) is 0 Å². The number of aromatic amines is 1. The Morgan fingerprint density at radius 1 is 1.33 bits per heavy atom. The number of nitrogens with zero attached hydrogens (tertiary/aromatic N) is 4. The maximum absolute atomic E-state index is 5.98. The van der Waals surface area contributed by atoms with Gasteiger partial charge in [0.05, 0.1) is 17.6 Å². The minimum absolute atomic E-state index is 0.724. The molecule has 2 heterocycles. The molecule has 3 rings (SSSR count). The second kappa shape index (κ2) is 6.09. The lowest BCUT2D eigenvalue weighted by Crippen LogP contribution is -2.21. The van der Waals surface area contributed by atoms with Crippen molar-refractivity contribution in [3.8, 4) is 0 Å². The molecule has 1 aromatic carbocycles. The van der Waals surface area contributed by atoms with E-state index in [1.54, 1.807) is 11.3 Å². The largest absolute Gasteiger partial charge is 0.342 e. The molecule has 0 aliphatic heterocycles. The van der Waals surface area contributed by atoms with Crippen LogP contribution in [0.2, 0.25) is 5.02 Å². The third kappa shape index (κ3) is 3.58. The Labute approximate surface area is 132 Å². The summed E-state index contributed by atoms with van der Waals surface area (Å²) < 4.78 is 0. The van der Waals surface area contributed by atoms with Gasteiger partial charge in [0.25, 0.3) is 0 Å². The molecule has 21 heavy (non-hydrogen) atoms. The first-order valence-electron chi connectivity index (χ1n) is 6.72. The summed E-state index contributed by atoms with van der Waals surface area (Å²) in [4.78, 5) is 10.1. The Hall–Kier alpha value is -1.50. The number of halogens is 1. The van der Waals surface area contributed by atoms with Gasteiger partial charge >= 0.3 is 0 Å². The highest BCUT2D eigenvalue weighted by atomic mass is 35.5. The number of hydrogen-bond acceptors (Lipinski definition) is 5. The average Bonchev–Trinajstić information content (AvgIpc) is 3.02. The van der Waals surface area contributed by atoms with Crippen molar-refractivity contribution in [2.45, 2.75) is 19.9 Å². The monoisotopic (exact) mass is 321 g/mol. The van der Waals surface area contributed by atoms with Crippen LogP contribution in [0, 0.1) is 6.92 Å². The number of H-pyrrole nitrogens is 1. The van der Waals surface area contributed by atoms with Gasteiger partial charge in [0.15, 0.2) is 0 Å². The highest BCUT2D eigenvalue weighted by Crippen LogP contribution is 2.17. The second-order valence-electron chi connectivity index (χ2n) is 5.05. The molecule has 0 spiro atoms. The molecular weight excluding hydrogens is 306 g/mol. The van der Waals surface area contributed by atoms with Crippen LogP contribution in [0.1, 0.15) is 15.8 Å². The average molecular weight is 322 g/mol. The molecule has 5 nitrogen and oxygen atoms in total. The number of imidazole rings is 1. The van der Waals surface area contributed by atoms with Gasteiger partial charge in [-0.25, -0.2) is 4.98 Å². The molecule has 0 aliphatic carbocycles. The summed E-state index contributed by atoms with van der Waals surface area (Å²) in [6.07, 6.45) is 0.862.